The van der Waals surface area contributed by atoms with E-state index in [1.54, 1.807) is 12.1 Å². The van der Waals surface area contributed by atoms with Gasteiger partial charge in [0.2, 0.25) is 5.91 Å². The van der Waals surface area contributed by atoms with Crippen molar-refractivity contribution < 1.29 is 18.7 Å². The summed E-state index contributed by atoms with van der Waals surface area (Å²) in [6, 6.07) is 14.1. The summed E-state index contributed by atoms with van der Waals surface area (Å²) >= 11 is 0. The van der Waals surface area contributed by atoms with Crippen molar-refractivity contribution in [3.8, 4) is 5.75 Å². The lowest BCUT2D eigenvalue weighted by Gasteiger charge is -2.33. The number of amides is 1. The molecule has 0 bridgehead atoms. The quantitative estimate of drug-likeness (QED) is 0.736. The van der Waals surface area contributed by atoms with Crippen LogP contribution in [-0.4, -0.2) is 37.1 Å². The molecule has 1 saturated heterocycles. The molecule has 138 valence electrons. The zero-order valence-corrected chi connectivity index (χ0v) is 15.0. The van der Waals surface area contributed by atoms with Crippen LogP contribution in [0.1, 0.15) is 30.1 Å². The van der Waals surface area contributed by atoms with Crippen LogP contribution in [0.4, 0.5) is 4.39 Å². The fraction of sp³-hybridized carbons (Fsp3) is 0.381. The van der Waals surface area contributed by atoms with E-state index in [9.17, 15) is 9.18 Å². The number of rotatable bonds is 6. The van der Waals surface area contributed by atoms with E-state index in [0.29, 0.717) is 39.1 Å². The lowest BCUT2D eigenvalue weighted by Crippen LogP contribution is -2.42. The summed E-state index contributed by atoms with van der Waals surface area (Å²) in [5.41, 5.74) is 2.05. The first-order chi connectivity index (χ1) is 12.6. The minimum absolute atomic E-state index is 0.105. The van der Waals surface area contributed by atoms with Crippen LogP contribution < -0.4 is 4.74 Å². The van der Waals surface area contributed by atoms with E-state index in [0.717, 1.165) is 16.9 Å². The Kier molecular flexibility index (Phi) is 6.23. The van der Waals surface area contributed by atoms with Crippen LogP contribution in [0.25, 0.3) is 0 Å². The number of ether oxygens (including phenoxy) is 2. The summed E-state index contributed by atoms with van der Waals surface area (Å²) in [6.45, 7) is 4.12. The van der Waals surface area contributed by atoms with Gasteiger partial charge in [-0.2, -0.15) is 0 Å². The van der Waals surface area contributed by atoms with Crippen LogP contribution in [0.5, 0.6) is 5.75 Å². The molecular formula is C21H24FNO3. The highest BCUT2D eigenvalue weighted by Crippen LogP contribution is 2.23. The van der Waals surface area contributed by atoms with Crippen molar-refractivity contribution in [3.05, 3.63) is 65.5 Å². The number of benzene rings is 2. The van der Waals surface area contributed by atoms with Gasteiger partial charge >= 0.3 is 0 Å². The lowest BCUT2D eigenvalue weighted by atomic mass is 10.1. The first-order valence-corrected chi connectivity index (χ1v) is 8.96. The second-order valence-corrected chi connectivity index (χ2v) is 6.52. The number of carbonyl (C=O) groups excluding carboxylic acids is 1. The number of carbonyl (C=O) groups is 1. The minimum Gasteiger partial charge on any atom is -0.494 e. The molecule has 26 heavy (non-hydrogen) atoms. The van der Waals surface area contributed by atoms with Crippen molar-refractivity contribution in [2.45, 2.75) is 25.9 Å². The first-order valence-electron chi connectivity index (χ1n) is 8.96. The van der Waals surface area contributed by atoms with Crippen LogP contribution >= 0.6 is 0 Å². The Labute approximate surface area is 153 Å². The van der Waals surface area contributed by atoms with Gasteiger partial charge in [-0.25, -0.2) is 4.39 Å². The largest absolute Gasteiger partial charge is 0.494 e. The van der Waals surface area contributed by atoms with Gasteiger partial charge in [-0.3, -0.25) is 4.79 Å². The highest BCUT2D eigenvalue weighted by molar-refractivity contribution is 5.76. The summed E-state index contributed by atoms with van der Waals surface area (Å²) in [6.07, 6.45) is 0.921. The number of morpholine rings is 1. The first kappa shape index (κ1) is 18.4. The average Bonchev–Trinajstić information content (AvgIpc) is 2.66. The Morgan fingerprint density at radius 2 is 2.08 bits per heavy atom. The topological polar surface area (TPSA) is 38.8 Å². The van der Waals surface area contributed by atoms with Gasteiger partial charge < -0.3 is 14.4 Å². The van der Waals surface area contributed by atoms with Gasteiger partial charge in [0.1, 0.15) is 17.7 Å². The highest BCUT2D eigenvalue weighted by Gasteiger charge is 2.25. The van der Waals surface area contributed by atoms with Crippen LogP contribution in [0.15, 0.2) is 48.5 Å². The molecular weight excluding hydrogens is 333 g/mol. The normalized spacial score (nSPS) is 17.2. The Balaban J connectivity index is 1.44. The van der Waals surface area contributed by atoms with Crippen LogP contribution in [0.3, 0.4) is 0 Å². The maximum absolute atomic E-state index is 13.1. The Bertz CT molecular complexity index is 732. The third-order valence-corrected chi connectivity index (χ3v) is 4.45. The van der Waals surface area contributed by atoms with Crippen LogP contribution in [0, 0.1) is 12.7 Å². The molecule has 1 aliphatic heterocycles. The van der Waals surface area contributed by atoms with E-state index in [1.807, 2.05) is 36.1 Å². The molecule has 0 spiro atoms. The standard InChI is InChI=1S/C21H24FNO3/c1-16-4-2-5-19(14-16)25-12-3-6-21(24)23-11-13-26-20(15-23)17-7-9-18(22)10-8-17/h2,4-5,7-10,14,20H,3,6,11-13,15H2,1H3. The molecule has 0 radical (unpaired) electrons. The second-order valence-electron chi connectivity index (χ2n) is 6.52. The summed E-state index contributed by atoms with van der Waals surface area (Å²) in [5.74, 6) is 0.666. The minimum atomic E-state index is -0.272. The Morgan fingerprint density at radius 3 is 2.85 bits per heavy atom. The summed E-state index contributed by atoms with van der Waals surface area (Å²) in [7, 11) is 0. The van der Waals surface area contributed by atoms with Crippen molar-refractivity contribution in [3.63, 3.8) is 0 Å². The van der Waals surface area contributed by atoms with Crippen molar-refractivity contribution in [1.82, 2.24) is 4.90 Å². The molecule has 2 aromatic carbocycles. The van der Waals surface area contributed by atoms with E-state index in [4.69, 9.17) is 9.47 Å². The number of hydrogen-bond donors (Lipinski definition) is 0. The molecule has 1 heterocycles. The van der Waals surface area contributed by atoms with Crippen molar-refractivity contribution in [2.75, 3.05) is 26.3 Å². The van der Waals surface area contributed by atoms with Crippen molar-refractivity contribution in [2.24, 2.45) is 0 Å². The number of nitrogens with zero attached hydrogens (tertiary/aromatic N) is 1. The van der Waals surface area contributed by atoms with E-state index < -0.39 is 0 Å². The fourth-order valence-corrected chi connectivity index (χ4v) is 3.03. The molecule has 5 heteroatoms. The SMILES string of the molecule is Cc1cccc(OCCCC(=O)N2CCOC(c3ccc(F)cc3)C2)c1. The Hall–Kier alpha value is -2.40. The molecule has 0 N–H and O–H groups in total. The van der Waals surface area contributed by atoms with Gasteiger partial charge in [-0.15, -0.1) is 0 Å². The maximum Gasteiger partial charge on any atom is 0.222 e. The Morgan fingerprint density at radius 1 is 1.27 bits per heavy atom. The monoisotopic (exact) mass is 357 g/mol. The summed E-state index contributed by atoms with van der Waals surface area (Å²) in [4.78, 5) is 14.3. The van der Waals surface area contributed by atoms with E-state index in [-0.39, 0.29) is 17.8 Å². The zero-order valence-electron chi connectivity index (χ0n) is 15.0. The highest BCUT2D eigenvalue weighted by atomic mass is 19.1. The maximum atomic E-state index is 13.1. The predicted octanol–water partition coefficient (Wildman–Crippen LogP) is 3.89. The molecule has 1 atom stereocenters. The zero-order chi connectivity index (χ0) is 18.4. The molecule has 1 amide bonds. The van der Waals surface area contributed by atoms with Crippen LogP contribution in [-0.2, 0) is 9.53 Å². The lowest BCUT2D eigenvalue weighted by molar-refractivity contribution is -0.139. The molecule has 0 aromatic heterocycles. The third kappa shape index (κ3) is 5.05. The van der Waals surface area contributed by atoms with E-state index in [1.165, 1.54) is 12.1 Å². The second kappa shape index (κ2) is 8.81. The van der Waals surface area contributed by atoms with E-state index in [2.05, 4.69) is 0 Å². The molecule has 1 unspecified atom stereocenters. The van der Waals surface area contributed by atoms with Crippen molar-refractivity contribution >= 4 is 5.91 Å². The van der Waals surface area contributed by atoms with Gasteiger partial charge in [0.15, 0.2) is 0 Å². The average molecular weight is 357 g/mol. The molecule has 1 fully saturated rings. The predicted molar refractivity (Wildman–Crippen MR) is 97.6 cm³/mol. The number of hydrogen-bond acceptors (Lipinski definition) is 3. The van der Waals surface area contributed by atoms with Gasteiger partial charge in [-0.05, 0) is 48.7 Å². The molecule has 0 saturated carbocycles. The van der Waals surface area contributed by atoms with E-state index >= 15 is 0 Å². The molecule has 1 aliphatic rings. The van der Waals surface area contributed by atoms with Gasteiger partial charge in [0.25, 0.3) is 0 Å². The molecule has 3 rings (SSSR count). The number of aryl methyl sites for hydroxylation is 1. The van der Waals surface area contributed by atoms with Gasteiger partial charge in [-0.1, -0.05) is 24.3 Å². The summed E-state index contributed by atoms with van der Waals surface area (Å²) in [5, 5.41) is 0. The van der Waals surface area contributed by atoms with Crippen molar-refractivity contribution in [1.29, 1.82) is 0 Å². The summed E-state index contributed by atoms with van der Waals surface area (Å²) < 4.78 is 24.5. The molecule has 2 aromatic rings. The molecule has 4 nitrogen and oxygen atoms in total. The third-order valence-electron chi connectivity index (χ3n) is 4.45. The van der Waals surface area contributed by atoms with Gasteiger partial charge in [0, 0.05) is 13.0 Å². The fourth-order valence-electron chi connectivity index (χ4n) is 3.03. The van der Waals surface area contributed by atoms with Crippen LogP contribution in [0.2, 0.25) is 0 Å². The number of halogens is 1. The smallest absolute Gasteiger partial charge is 0.222 e. The molecule has 0 aliphatic carbocycles. The van der Waals surface area contributed by atoms with Gasteiger partial charge in [0.05, 0.1) is 19.8 Å².